The number of carbonyl (C=O) groups is 2. The Hall–Kier alpha value is -2.11. The fourth-order valence-corrected chi connectivity index (χ4v) is 2.31. The number of likely N-dealkylation sites (tertiary alicyclic amines) is 1. The van der Waals surface area contributed by atoms with Crippen molar-refractivity contribution in [2.75, 3.05) is 13.7 Å². The molecule has 6 heteroatoms. The van der Waals surface area contributed by atoms with Crippen molar-refractivity contribution >= 4 is 11.9 Å². The van der Waals surface area contributed by atoms with Gasteiger partial charge in [-0.15, -0.1) is 0 Å². The molecule has 1 atom stereocenters. The lowest BCUT2D eigenvalue weighted by molar-refractivity contribution is -0.147. The lowest BCUT2D eigenvalue weighted by Crippen LogP contribution is -2.42. The first-order valence-corrected chi connectivity index (χ1v) is 6.35. The number of benzene rings is 1. The van der Waals surface area contributed by atoms with E-state index >= 15 is 0 Å². The second kappa shape index (κ2) is 5.90. The number of hydrogen-bond donors (Lipinski definition) is 1. The van der Waals surface area contributed by atoms with E-state index in [1.165, 1.54) is 18.1 Å². The third-order valence-corrected chi connectivity index (χ3v) is 3.47. The fourth-order valence-electron chi connectivity index (χ4n) is 2.31. The number of ether oxygens (including phenoxy) is 1. The maximum atomic E-state index is 14.0. The predicted molar refractivity (Wildman–Crippen MR) is 68.7 cm³/mol. The molecule has 1 heterocycles. The van der Waals surface area contributed by atoms with Gasteiger partial charge in [0, 0.05) is 25.1 Å². The van der Waals surface area contributed by atoms with Gasteiger partial charge in [-0.25, -0.2) is 4.39 Å². The number of hydrogen-bond acceptors (Lipinski definition) is 3. The standard InChI is InChI=1S/C14H16FNO4/c1-20-11-4-2-3-9(13(11)15)7-16-8-10(14(18)19)5-6-12(16)17/h2-4,10H,5-8H2,1H3,(H,18,19). The number of halogens is 1. The summed E-state index contributed by atoms with van der Waals surface area (Å²) in [4.78, 5) is 24.2. The van der Waals surface area contributed by atoms with Crippen LogP contribution in [0.25, 0.3) is 0 Å². The molecule has 5 nitrogen and oxygen atoms in total. The van der Waals surface area contributed by atoms with E-state index in [0.29, 0.717) is 12.0 Å². The van der Waals surface area contributed by atoms with E-state index in [0.717, 1.165) is 0 Å². The van der Waals surface area contributed by atoms with E-state index in [4.69, 9.17) is 9.84 Å². The van der Waals surface area contributed by atoms with Crippen molar-refractivity contribution < 1.29 is 23.8 Å². The number of methoxy groups -OCH3 is 1. The van der Waals surface area contributed by atoms with Gasteiger partial charge in [0.05, 0.1) is 13.0 Å². The minimum absolute atomic E-state index is 0.0612. The van der Waals surface area contributed by atoms with E-state index in [-0.39, 0.29) is 31.2 Å². The molecule has 1 fully saturated rings. The highest BCUT2D eigenvalue weighted by molar-refractivity contribution is 5.80. The second-order valence-electron chi connectivity index (χ2n) is 4.78. The topological polar surface area (TPSA) is 66.8 Å². The van der Waals surface area contributed by atoms with E-state index in [1.54, 1.807) is 12.1 Å². The Morgan fingerprint density at radius 3 is 2.95 bits per heavy atom. The van der Waals surface area contributed by atoms with Gasteiger partial charge in [0.25, 0.3) is 0 Å². The van der Waals surface area contributed by atoms with Crippen molar-refractivity contribution in [2.24, 2.45) is 5.92 Å². The Labute approximate surface area is 116 Å². The van der Waals surface area contributed by atoms with Gasteiger partial charge in [-0.3, -0.25) is 9.59 Å². The van der Waals surface area contributed by atoms with Crippen LogP contribution in [0.1, 0.15) is 18.4 Å². The summed E-state index contributed by atoms with van der Waals surface area (Å²) >= 11 is 0. The number of rotatable bonds is 4. The van der Waals surface area contributed by atoms with Gasteiger partial charge >= 0.3 is 5.97 Å². The zero-order valence-electron chi connectivity index (χ0n) is 11.1. The van der Waals surface area contributed by atoms with Crippen LogP contribution in [0.3, 0.4) is 0 Å². The number of amides is 1. The molecule has 1 amide bonds. The maximum Gasteiger partial charge on any atom is 0.308 e. The number of aliphatic carboxylic acids is 1. The molecule has 0 bridgehead atoms. The molecule has 0 saturated carbocycles. The number of nitrogens with zero attached hydrogens (tertiary/aromatic N) is 1. The minimum atomic E-state index is -0.923. The SMILES string of the molecule is COc1cccc(CN2CC(C(=O)O)CCC2=O)c1F. The Morgan fingerprint density at radius 1 is 1.55 bits per heavy atom. The van der Waals surface area contributed by atoms with Crippen LogP contribution in [-0.2, 0) is 16.1 Å². The van der Waals surface area contributed by atoms with Crippen LogP contribution in [0, 0.1) is 11.7 Å². The Balaban J connectivity index is 2.16. The van der Waals surface area contributed by atoms with E-state index in [9.17, 15) is 14.0 Å². The third-order valence-electron chi connectivity index (χ3n) is 3.47. The number of piperidine rings is 1. The quantitative estimate of drug-likeness (QED) is 0.911. The number of carbonyl (C=O) groups excluding carboxylic acids is 1. The van der Waals surface area contributed by atoms with Gasteiger partial charge < -0.3 is 14.7 Å². The van der Waals surface area contributed by atoms with Crippen molar-refractivity contribution in [1.82, 2.24) is 4.90 Å². The van der Waals surface area contributed by atoms with Gasteiger partial charge in [-0.1, -0.05) is 12.1 Å². The zero-order chi connectivity index (χ0) is 14.7. The molecule has 1 N–H and O–H groups in total. The first-order chi connectivity index (χ1) is 9.52. The average Bonchev–Trinajstić information content (AvgIpc) is 2.43. The highest BCUT2D eigenvalue weighted by Crippen LogP contribution is 2.24. The number of carboxylic acids is 1. The van der Waals surface area contributed by atoms with Crippen molar-refractivity contribution in [2.45, 2.75) is 19.4 Å². The largest absolute Gasteiger partial charge is 0.494 e. The Morgan fingerprint density at radius 2 is 2.30 bits per heavy atom. The molecule has 1 aliphatic rings. The lowest BCUT2D eigenvalue weighted by Gasteiger charge is -2.30. The maximum absolute atomic E-state index is 14.0. The van der Waals surface area contributed by atoms with Gasteiger partial charge in [-0.05, 0) is 12.5 Å². The molecule has 2 rings (SSSR count). The zero-order valence-corrected chi connectivity index (χ0v) is 11.1. The molecular weight excluding hydrogens is 265 g/mol. The number of carboxylic acid groups (broad SMARTS) is 1. The van der Waals surface area contributed by atoms with Crippen LogP contribution in [-0.4, -0.2) is 35.5 Å². The van der Waals surface area contributed by atoms with Crippen molar-refractivity contribution in [1.29, 1.82) is 0 Å². The van der Waals surface area contributed by atoms with E-state index in [1.807, 2.05) is 0 Å². The Bertz CT molecular complexity index is 532. The summed E-state index contributed by atoms with van der Waals surface area (Å²) in [6, 6.07) is 4.70. The average molecular weight is 281 g/mol. The van der Waals surface area contributed by atoms with Crippen molar-refractivity contribution in [3.8, 4) is 5.75 Å². The van der Waals surface area contributed by atoms with E-state index < -0.39 is 17.7 Å². The van der Waals surface area contributed by atoms with Crippen LogP contribution < -0.4 is 4.74 Å². The first kappa shape index (κ1) is 14.3. The molecule has 1 aromatic carbocycles. The van der Waals surface area contributed by atoms with Gasteiger partial charge in [0.15, 0.2) is 11.6 Å². The third kappa shape index (κ3) is 2.89. The summed E-state index contributed by atoms with van der Waals surface area (Å²) in [6.07, 6.45) is 0.522. The summed E-state index contributed by atoms with van der Waals surface area (Å²) in [6.45, 7) is 0.177. The van der Waals surface area contributed by atoms with Crippen LogP contribution in [0.2, 0.25) is 0 Å². The van der Waals surface area contributed by atoms with Crippen molar-refractivity contribution in [3.05, 3.63) is 29.6 Å². The van der Waals surface area contributed by atoms with Gasteiger partial charge in [-0.2, -0.15) is 0 Å². The molecule has 1 saturated heterocycles. The van der Waals surface area contributed by atoms with Crippen LogP contribution in [0.4, 0.5) is 4.39 Å². The monoisotopic (exact) mass is 281 g/mol. The smallest absolute Gasteiger partial charge is 0.308 e. The highest BCUT2D eigenvalue weighted by Gasteiger charge is 2.30. The van der Waals surface area contributed by atoms with Crippen LogP contribution >= 0.6 is 0 Å². The molecule has 0 aliphatic carbocycles. The van der Waals surface area contributed by atoms with Crippen LogP contribution in [0.15, 0.2) is 18.2 Å². The first-order valence-electron chi connectivity index (χ1n) is 6.35. The molecule has 108 valence electrons. The fraction of sp³-hybridized carbons (Fsp3) is 0.429. The molecule has 1 unspecified atom stereocenters. The highest BCUT2D eigenvalue weighted by atomic mass is 19.1. The summed E-state index contributed by atoms with van der Waals surface area (Å²) in [5, 5.41) is 9.01. The molecule has 0 spiro atoms. The van der Waals surface area contributed by atoms with Crippen LogP contribution in [0.5, 0.6) is 5.75 Å². The minimum Gasteiger partial charge on any atom is -0.494 e. The second-order valence-corrected chi connectivity index (χ2v) is 4.78. The normalized spacial score (nSPS) is 19.0. The summed E-state index contributed by atoms with van der Waals surface area (Å²) in [7, 11) is 1.37. The molecule has 0 radical (unpaired) electrons. The Kier molecular flexibility index (Phi) is 4.22. The molecule has 0 aromatic heterocycles. The molecule has 1 aromatic rings. The summed E-state index contributed by atoms with van der Waals surface area (Å²) < 4.78 is 18.9. The lowest BCUT2D eigenvalue weighted by atomic mass is 9.97. The van der Waals surface area contributed by atoms with Crippen molar-refractivity contribution in [3.63, 3.8) is 0 Å². The molecule has 20 heavy (non-hydrogen) atoms. The molecule has 1 aliphatic heterocycles. The summed E-state index contributed by atoms with van der Waals surface area (Å²) in [5.41, 5.74) is 0.323. The molecular formula is C14H16FNO4. The summed E-state index contributed by atoms with van der Waals surface area (Å²) in [5.74, 6) is -2.05. The van der Waals surface area contributed by atoms with Gasteiger partial charge in [0.1, 0.15) is 0 Å². The van der Waals surface area contributed by atoms with Gasteiger partial charge in [0.2, 0.25) is 5.91 Å². The van der Waals surface area contributed by atoms with E-state index in [2.05, 4.69) is 0 Å². The predicted octanol–water partition coefficient (Wildman–Crippen LogP) is 1.66.